The molecule has 0 radical (unpaired) electrons. The molecule has 2 amide bonds. The van der Waals surface area contributed by atoms with Crippen molar-refractivity contribution in [3.63, 3.8) is 0 Å². The van der Waals surface area contributed by atoms with Crippen LogP contribution in [0.15, 0.2) is 36.7 Å². The summed E-state index contributed by atoms with van der Waals surface area (Å²) in [5.41, 5.74) is 0.383. The summed E-state index contributed by atoms with van der Waals surface area (Å²) in [7, 11) is 0. The van der Waals surface area contributed by atoms with Crippen LogP contribution >= 0.6 is 0 Å². The van der Waals surface area contributed by atoms with Crippen LogP contribution in [0.3, 0.4) is 0 Å². The second-order valence-electron chi connectivity index (χ2n) is 10.2. The van der Waals surface area contributed by atoms with Crippen LogP contribution in [0.1, 0.15) is 45.1 Å². The maximum absolute atomic E-state index is 12.8. The van der Waals surface area contributed by atoms with Crippen LogP contribution in [0.5, 0.6) is 5.75 Å². The van der Waals surface area contributed by atoms with E-state index in [2.05, 4.69) is 20.2 Å². The number of ether oxygens (including phenoxy) is 2. The number of benzene rings is 1. The highest BCUT2D eigenvalue weighted by Crippen LogP contribution is 2.34. The van der Waals surface area contributed by atoms with Gasteiger partial charge in [0.1, 0.15) is 22.9 Å². The standard InChI is InChI=1S/C25H33N5O4/c1-16(2)33-20-8-6-7-19(9-20)27-23(31)21-10-26-11-22(28-21)29-12-17-14-30(15-18(17)13-29)24(32)34-25(3,4)5/h6-11,16-18H,12-15H2,1-5H3,(H,27,31)/t17-,18+. The van der Waals surface area contributed by atoms with Crippen molar-refractivity contribution in [2.45, 2.75) is 46.3 Å². The number of carbonyl (C=O) groups is 2. The van der Waals surface area contributed by atoms with Crippen molar-refractivity contribution in [1.29, 1.82) is 0 Å². The Morgan fingerprint density at radius 3 is 2.44 bits per heavy atom. The first-order chi connectivity index (χ1) is 16.1. The minimum Gasteiger partial charge on any atom is -0.491 e. The van der Waals surface area contributed by atoms with Crippen LogP contribution in [0.25, 0.3) is 0 Å². The largest absolute Gasteiger partial charge is 0.491 e. The summed E-state index contributed by atoms with van der Waals surface area (Å²) in [6, 6.07) is 7.27. The van der Waals surface area contributed by atoms with Gasteiger partial charge in [-0.2, -0.15) is 0 Å². The molecule has 9 heteroatoms. The summed E-state index contributed by atoms with van der Waals surface area (Å²) < 4.78 is 11.2. The van der Waals surface area contributed by atoms with Gasteiger partial charge in [-0.25, -0.2) is 9.78 Å². The van der Waals surface area contributed by atoms with Crippen molar-refractivity contribution in [1.82, 2.24) is 14.9 Å². The molecule has 2 atom stereocenters. The summed E-state index contributed by atoms with van der Waals surface area (Å²) >= 11 is 0. The molecule has 0 bridgehead atoms. The van der Waals surface area contributed by atoms with Gasteiger partial charge in [0.15, 0.2) is 0 Å². The number of hydrogen-bond donors (Lipinski definition) is 1. The smallest absolute Gasteiger partial charge is 0.410 e. The first-order valence-corrected chi connectivity index (χ1v) is 11.7. The Bertz CT molecular complexity index is 1040. The van der Waals surface area contributed by atoms with Gasteiger partial charge in [-0.3, -0.25) is 9.78 Å². The molecule has 2 saturated heterocycles. The molecule has 182 valence electrons. The van der Waals surface area contributed by atoms with E-state index < -0.39 is 5.60 Å². The highest BCUT2D eigenvalue weighted by Gasteiger charge is 2.43. The van der Waals surface area contributed by atoms with Crippen molar-refractivity contribution in [3.05, 3.63) is 42.4 Å². The van der Waals surface area contributed by atoms with Crippen molar-refractivity contribution in [2.24, 2.45) is 11.8 Å². The fourth-order valence-electron chi connectivity index (χ4n) is 4.39. The highest BCUT2D eigenvalue weighted by atomic mass is 16.6. The van der Waals surface area contributed by atoms with Crippen LogP contribution in [0, 0.1) is 11.8 Å². The number of rotatable bonds is 5. The molecule has 0 aliphatic carbocycles. The lowest BCUT2D eigenvalue weighted by Gasteiger charge is -2.26. The molecule has 1 aromatic carbocycles. The molecule has 3 heterocycles. The lowest BCUT2D eigenvalue weighted by molar-refractivity contribution is 0.0282. The zero-order chi connectivity index (χ0) is 24.5. The highest BCUT2D eigenvalue weighted by molar-refractivity contribution is 6.02. The Morgan fingerprint density at radius 1 is 1.09 bits per heavy atom. The Balaban J connectivity index is 1.37. The van der Waals surface area contributed by atoms with Crippen LogP contribution in [0.2, 0.25) is 0 Å². The van der Waals surface area contributed by atoms with Gasteiger partial charge >= 0.3 is 6.09 Å². The molecule has 2 aromatic rings. The third-order valence-electron chi connectivity index (χ3n) is 5.78. The number of anilines is 2. The zero-order valence-electron chi connectivity index (χ0n) is 20.4. The van der Waals surface area contributed by atoms with E-state index in [4.69, 9.17) is 9.47 Å². The summed E-state index contributed by atoms with van der Waals surface area (Å²) in [6.07, 6.45) is 2.94. The van der Waals surface area contributed by atoms with Gasteiger partial charge < -0.3 is 24.6 Å². The molecule has 2 fully saturated rings. The zero-order valence-corrected chi connectivity index (χ0v) is 20.4. The number of carbonyl (C=O) groups excluding carboxylic acids is 2. The van der Waals surface area contributed by atoms with E-state index >= 15 is 0 Å². The Kier molecular flexibility index (Phi) is 6.63. The average molecular weight is 468 g/mol. The first kappa shape index (κ1) is 23.8. The molecule has 0 unspecified atom stereocenters. The third-order valence-corrected chi connectivity index (χ3v) is 5.78. The average Bonchev–Trinajstić information content (AvgIpc) is 3.32. The van der Waals surface area contributed by atoms with E-state index in [-0.39, 0.29) is 23.8 Å². The van der Waals surface area contributed by atoms with Gasteiger partial charge in [-0.05, 0) is 46.8 Å². The van der Waals surface area contributed by atoms with E-state index in [1.807, 2.05) is 46.8 Å². The molecule has 1 N–H and O–H groups in total. The van der Waals surface area contributed by atoms with E-state index in [1.54, 1.807) is 23.2 Å². The van der Waals surface area contributed by atoms with Crippen LogP contribution in [-0.4, -0.2) is 64.8 Å². The fraction of sp³-hybridized carbons (Fsp3) is 0.520. The van der Waals surface area contributed by atoms with Crippen molar-refractivity contribution in [3.8, 4) is 5.75 Å². The molecule has 0 saturated carbocycles. The molecular weight excluding hydrogens is 434 g/mol. The number of fused-ring (bicyclic) bond motifs is 1. The lowest BCUT2D eigenvalue weighted by Crippen LogP contribution is -2.37. The predicted octanol–water partition coefficient (Wildman–Crippen LogP) is 3.82. The predicted molar refractivity (Wildman–Crippen MR) is 129 cm³/mol. The van der Waals surface area contributed by atoms with Crippen LogP contribution in [0.4, 0.5) is 16.3 Å². The van der Waals surface area contributed by atoms with E-state index in [1.165, 1.54) is 6.20 Å². The topological polar surface area (TPSA) is 96.9 Å². The normalized spacial score (nSPS) is 19.8. The third kappa shape index (κ3) is 5.76. The molecule has 2 aliphatic rings. The van der Waals surface area contributed by atoms with E-state index in [0.29, 0.717) is 42.2 Å². The maximum atomic E-state index is 12.8. The van der Waals surface area contributed by atoms with Crippen LogP contribution < -0.4 is 15.0 Å². The van der Waals surface area contributed by atoms with E-state index in [9.17, 15) is 9.59 Å². The second-order valence-corrected chi connectivity index (χ2v) is 10.2. The maximum Gasteiger partial charge on any atom is 0.410 e. The molecule has 2 aliphatic heterocycles. The summed E-state index contributed by atoms with van der Waals surface area (Å²) in [6.45, 7) is 12.4. The van der Waals surface area contributed by atoms with Crippen molar-refractivity contribution >= 4 is 23.5 Å². The quantitative estimate of drug-likeness (QED) is 0.714. The SMILES string of the molecule is CC(C)Oc1cccc(NC(=O)c2cncc(N3C[C@H]4CN(C(=O)OC(C)(C)C)C[C@H]4C3)n2)c1. The monoisotopic (exact) mass is 467 g/mol. The number of hydrogen-bond acceptors (Lipinski definition) is 7. The molecule has 0 spiro atoms. The summed E-state index contributed by atoms with van der Waals surface area (Å²) in [5.74, 6) is 1.72. The number of aromatic nitrogens is 2. The van der Waals surface area contributed by atoms with Gasteiger partial charge in [0.2, 0.25) is 0 Å². The van der Waals surface area contributed by atoms with Crippen LogP contribution in [-0.2, 0) is 4.74 Å². The van der Waals surface area contributed by atoms with Gasteiger partial charge in [-0.15, -0.1) is 0 Å². The van der Waals surface area contributed by atoms with Gasteiger partial charge in [0.05, 0.1) is 18.5 Å². The van der Waals surface area contributed by atoms with Crippen molar-refractivity contribution in [2.75, 3.05) is 36.4 Å². The fourth-order valence-corrected chi connectivity index (χ4v) is 4.39. The molecule has 4 rings (SSSR count). The van der Waals surface area contributed by atoms with Crippen molar-refractivity contribution < 1.29 is 19.1 Å². The minimum absolute atomic E-state index is 0.0460. The summed E-state index contributed by atoms with van der Waals surface area (Å²) in [4.78, 5) is 38.0. The first-order valence-electron chi connectivity index (χ1n) is 11.7. The van der Waals surface area contributed by atoms with E-state index in [0.717, 1.165) is 13.1 Å². The Labute approximate surface area is 200 Å². The minimum atomic E-state index is -0.500. The number of nitrogens with zero attached hydrogens (tertiary/aromatic N) is 4. The molecule has 1 aromatic heterocycles. The number of amides is 2. The number of nitrogens with one attached hydrogen (secondary N) is 1. The Hall–Kier alpha value is -3.36. The molecular formula is C25H33N5O4. The Morgan fingerprint density at radius 2 is 1.79 bits per heavy atom. The second kappa shape index (κ2) is 9.48. The molecule has 9 nitrogen and oxygen atoms in total. The van der Waals surface area contributed by atoms with Gasteiger partial charge in [0, 0.05) is 49.8 Å². The lowest BCUT2D eigenvalue weighted by atomic mass is 10.0. The molecule has 34 heavy (non-hydrogen) atoms. The summed E-state index contributed by atoms with van der Waals surface area (Å²) in [5, 5.41) is 2.87. The van der Waals surface area contributed by atoms with Gasteiger partial charge in [-0.1, -0.05) is 6.07 Å². The van der Waals surface area contributed by atoms with Gasteiger partial charge in [0.25, 0.3) is 5.91 Å². The number of likely N-dealkylation sites (tertiary alicyclic amines) is 1.